The molecule has 7 heteroatoms. The third-order valence-corrected chi connectivity index (χ3v) is 3.61. The molecule has 0 radical (unpaired) electrons. The summed E-state index contributed by atoms with van der Waals surface area (Å²) < 4.78 is 11.7. The van der Waals surface area contributed by atoms with Crippen molar-refractivity contribution in [1.82, 2.24) is 15.6 Å². The van der Waals surface area contributed by atoms with Crippen molar-refractivity contribution in [3.63, 3.8) is 0 Å². The fraction of sp³-hybridized carbons (Fsp3) is 0.400. The Morgan fingerprint density at radius 2 is 2.41 bits per heavy atom. The summed E-state index contributed by atoms with van der Waals surface area (Å²) in [6, 6.07) is 3.17. The standard InChI is InChI=1S/C10H15N3O2S2/c1-11-10(16)13-5-6-17(15)7-8-9(14)3-2-4-12-8/h2-4,14H,5-7H2,1H3,(H2,11,13,16). The van der Waals surface area contributed by atoms with E-state index in [-0.39, 0.29) is 11.5 Å². The van der Waals surface area contributed by atoms with Crippen LogP contribution in [0.1, 0.15) is 5.69 Å². The second kappa shape index (κ2) is 7.31. The molecule has 1 aromatic heterocycles. The molecule has 1 atom stereocenters. The Balaban J connectivity index is 2.32. The van der Waals surface area contributed by atoms with Crippen LogP contribution in [0.15, 0.2) is 18.3 Å². The summed E-state index contributed by atoms with van der Waals surface area (Å²) in [5, 5.41) is 15.7. The van der Waals surface area contributed by atoms with Gasteiger partial charge in [-0.15, -0.1) is 0 Å². The molecule has 0 aliphatic carbocycles. The first-order valence-electron chi connectivity index (χ1n) is 5.07. The molecule has 0 aliphatic rings. The monoisotopic (exact) mass is 273 g/mol. The molecule has 1 aromatic rings. The molecule has 0 saturated carbocycles. The minimum Gasteiger partial charge on any atom is -0.616 e. The summed E-state index contributed by atoms with van der Waals surface area (Å²) in [7, 11) is 1.72. The van der Waals surface area contributed by atoms with Gasteiger partial charge in [-0.1, -0.05) is 0 Å². The van der Waals surface area contributed by atoms with E-state index in [9.17, 15) is 9.66 Å². The van der Waals surface area contributed by atoms with Gasteiger partial charge in [0, 0.05) is 13.2 Å². The van der Waals surface area contributed by atoms with Crippen molar-refractivity contribution in [3.8, 4) is 5.75 Å². The molecular formula is C10H15N3O2S2. The summed E-state index contributed by atoms with van der Waals surface area (Å²) in [5.74, 6) is 0.790. The Kier molecular flexibility index (Phi) is 6.03. The zero-order valence-corrected chi connectivity index (χ0v) is 11.1. The molecule has 17 heavy (non-hydrogen) atoms. The number of aromatic hydroxyl groups is 1. The van der Waals surface area contributed by atoms with E-state index in [0.717, 1.165) is 0 Å². The summed E-state index contributed by atoms with van der Waals surface area (Å²) in [5.41, 5.74) is 0.460. The highest BCUT2D eigenvalue weighted by Crippen LogP contribution is 2.15. The molecule has 0 aliphatic heterocycles. The van der Waals surface area contributed by atoms with Crippen LogP contribution in [-0.4, -0.2) is 39.1 Å². The highest BCUT2D eigenvalue weighted by Gasteiger charge is 2.11. The Hall–Kier alpha value is -1.05. The van der Waals surface area contributed by atoms with Crippen LogP contribution >= 0.6 is 12.2 Å². The van der Waals surface area contributed by atoms with Crippen molar-refractivity contribution in [2.75, 3.05) is 19.3 Å². The summed E-state index contributed by atoms with van der Waals surface area (Å²) in [6.07, 6.45) is 1.57. The zero-order chi connectivity index (χ0) is 12.7. The van der Waals surface area contributed by atoms with Gasteiger partial charge in [0.25, 0.3) is 0 Å². The number of hydrogen-bond acceptors (Lipinski definition) is 4. The van der Waals surface area contributed by atoms with Crippen molar-refractivity contribution < 1.29 is 9.66 Å². The molecule has 0 saturated heterocycles. The molecule has 94 valence electrons. The molecule has 0 aromatic carbocycles. The van der Waals surface area contributed by atoms with Crippen LogP contribution in [-0.2, 0) is 16.9 Å². The summed E-state index contributed by atoms with van der Waals surface area (Å²) >= 11 is 3.81. The largest absolute Gasteiger partial charge is 0.616 e. The number of aromatic nitrogens is 1. The predicted octanol–water partition coefficient (Wildman–Crippen LogP) is 0.130. The highest BCUT2D eigenvalue weighted by molar-refractivity contribution is 7.90. The van der Waals surface area contributed by atoms with E-state index in [4.69, 9.17) is 12.2 Å². The van der Waals surface area contributed by atoms with Gasteiger partial charge in [-0.05, 0) is 35.5 Å². The Morgan fingerprint density at radius 3 is 3.06 bits per heavy atom. The molecule has 1 unspecified atom stereocenters. The molecular weight excluding hydrogens is 258 g/mol. The average Bonchev–Trinajstić information content (AvgIpc) is 2.32. The van der Waals surface area contributed by atoms with Gasteiger partial charge in [-0.2, -0.15) is 0 Å². The molecule has 1 heterocycles. The average molecular weight is 273 g/mol. The second-order valence-electron chi connectivity index (χ2n) is 3.26. The maximum absolute atomic E-state index is 11.7. The lowest BCUT2D eigenvalue weighted by molar-refractivity contribution is 0.466. The maximum Gasteiger partial charge on any atom is 0.166 e. The molecule has 3 N–H and O–H groups in total. The molecule has 5 nitrogen and oxygen atoms in total. The number of nitrogens with one attached hydrogen (secondary N) is 2. The third-order valence-electron chi connectivity index (χ3n) is 2.01. The van der Waals surface area contributed by atoms with Crippen LogP contribution in [0.4, 0.5) is 0 Å². The minimum absolute atomic E-state index is 0.0829. The first kappa shape index (κ1) is 14.0. The number of thiocarbonyl (C=S) groups is 1. The first-order valence-corrected chi connectivity index (χ1v) is 6.96. The first-order chi connectivity index (χ1) is 8.13. The fourth-order valence-electron chi connectivity index (χ4n) is 1.13. The van der Waals surface area contributed by atoms with Crippen LogP contribution in [0.3, 0.4) is 0 Å². The van der Waals surface area contributed by atoms with Crippen LogP contribution in [0, 0.1) is 0 Å². The Morgan fingerprint density at radius 1 is 1.65 bits per heavy atom. The van der Waals surface area contributed by atoms with E-state index in [1.54, 1.807) is 19.3 Å². The van der Waals surface area contributed by atoms with Crippen molar-refractivity contribution in [2.24, 2.45) is 0 Å². The normalized spacial score (nSPS) is 11.9. The van der Waals surface area contributed by atoms with Crippen LogP contribution in [0.2, 0.25) is 0 Å². The lowest BCUT2D eigenvalue weighted by Crippen LogP contribution is -2.35. The number of rotatable bonds is 5. The van der Waals surface area contributed by atoms with Crippen molar-refractivity contribution in [1.29, 1.82) is 0 Å². The SMILES string of the molecule is CNC(=S)NCC[S+]([O-])Cc1ncccc1O. The van der Waals surface area contributed by atoms with E-state index in [1.165, 1.54) is 6.07 Å². The van der Waals surface area contributed by atoms with Gasteiger partial charge in [0.05, 0.1) is 6.54 Å². The number of nitrogens with zero attached hydrogens (tertiary/aromatic N) is 1. The van der Waals surface area contributed by atoms with E-state index >= 15 is 0 Å². The van der Waals surface area contributed by atoms with Crippen LogP contribution in [0.5, 0.6) is 5.75 Å². The highest BCUT2D eigenvalue weighted by atomic mass is 32.2. The van der Waals surface area contributed by atoms with Gasteiger partial charge >= 0.3 is 0 Å². The van der Waals surface area contributed by atoms with Crippen molar-refractivity contribution in [2.45, 2.75) is 5.75 Å². The summed E-state index contributed by atoms with van der Waals surface area (Å²) in [6.45, 7) is 0.528. The van der Waals surface area contributed by atoms with Gasteiger partial charge in [-0.25, -0.2) is 0 Å². The molecule has 1 rings (SSSR count). The van der Waals surface area contributed by atoms with E-state index < -0.39 is 11.2 Å². The van der Waals surface area contributed by atoms with E-state index in [0.29, 0.717) is 23.1 Å². The van der Waals surface area contributed by atoms with Gasteiger partial charge in [0.15, 0.2) is 10.9 Å². The van der Waals surface area contributed by atoms with Gasteiger partial charge in [-0.3, -0.25) is 4.98 Å². The van der Waals surface area contributed by atoms with Crippen molar-refractivity contribution in [3.05, 3.63) is 24.0 Å². The topological polar surface area (TPSA) is 80.2 Å². The molecule has 0 fully saturated rings. The van der Waals surface area contributed by atoms with E-state index in [2.05, 4.69) is 15.6 Å². The smallest absolute Gasteiger partial charge is 0.166 e. The van der Waals surface area contributed by atoms with Crippen molar-refractivity contribution >= 4 is 28.5 Å². The van der Waals surface area contributed by atoms with Crippen LogP contribution in [0.25, 0.3) is 0 Å². The zero-order valence-electron chi connectivity index (χ0n) is 9.47. The lowest BCUT2D eigenvalue weighted by Gasteiger charge is -2.12. The molecule has 0 bridgehead atoms. The molecule has 0 amide bonds. The van der Waals surface area contributed by atoms with Gasteiger partial charge in [0.2, 0.25) is 0 Å². The molecule has 0 spiro atoms. The lowest BCUT2D eigenvalue weighted by atomic mass is 10.3. The summed E-state index contributed by atoms with van der Waals surface area (Å²) in [4.78, 5) is 3.98. The maximum atomic E-state index is 11.7. The quantitative estimate of drug-likeness (QED) is 0.523. The van der Waals surface area contributed by atoms with Crippen LogP contribution < -0.4 is 10.6 Å². The minimum atomic E-state index is -1.07. The van der Waals surface area contributed by atoms with E-state index in [1.807, 2.05) is 0 Å². The Bertz CT molecular complexity index is 376. The third kappa shape index (κ3) is 5.20. The fourth-order valence-corrected chi connectivity index (χ4v) is 2.24. The number of pyridine rings is 1. The van der Waals surface area contributed by atoms with Gasteiger partial charge in [0.1, 0.15) is 17.2 Å². The Labute approximate surface area is 109 Å². The predicted molar refractivity (Wildman–Crippen MR) is 72.3 cm³/mol. The second-order valence-corrected chi connectivity index (χ2v) is 5.25. The van der Waals surface area contributed by atoms with Gasteiger partial charge < -0.3 is 20.3 Å². The number of hydrogen-bond donors (Lipinski definition) is 3.